The second-order valence-corrected chi connectivity index (χ2v) is 15.4. The number of hydrogen-bond acceptors (Lipinski definition) is 8. The van der Waals surface area contributed by atoms with Crippen LogP contribution in [0.25, 0.3) is 16.5 Å². The van der Waals surface area contributed by atoms with Gasteiger partial charge in [0.25, 0.3) is 21.9 Å². The highest BCUT2D eigenvalue weighted by Crippen LogP contribution is 2.46. The Morgan fingerprint density at radius 3 is 2.59 bits per heavy atom. The number of fused-ring (bicyclic) bond motifs is 5. The van der Waals surface area contributed by atoms with E-state index in [0.717, 1.165) is 28.6 Å². The second-order valence-electron chi connectivity index (χ2n) is 13.7. The molecule has 4 aliphatic heterocycles. The number of hydrogen-bond donors (Lipinski definition) is 4. The average Bonchev–Trinajstić information content (AvgIpc) is 3.78. The highest BCUT2D eigenvalue weighted by molar-refractivity contribution is 7.85. The number of rotatable bonds is 5. The molecule has 0 radical (unpaired) electrons. The number of carbonyl (C=O) groups excluding carboxylic acids is 3. The summed E-state index contributed by atoms with van der Waals surface area (Å²) in [5.74, 6) is -3.97. The summed E-state index contributed by atoms with van der Waals surface area (Å²) in [5, 5.41) is 16.1. The van der Waals surface area contributed by atoms with Gasteiger partial charge in [-0.15, -0.1) is 0 Å². The zero-order valence-corrected chi connectivity index (χ0v) is 28.4. The molecule has 1 aliphatic carbocycles. The summed E-state index contributed by atoms with van der Waals surface area (Å²) in [6.45, 7) is 3.82. The van der Waals surface area contributed by atoms with Crippen LogP contribution >= 0.6 is 0 Å². The quantitative estimate of drug-likeness (QED) is 0.292. The van der Waals surface area contributed by atoms with E-state index >= 15 is 0 Å². The van der Waals surface area contributed by atoms with E-state index in [9.17, 15) is 27.9 Å². The maximum atomic E-state index is 14.2. The fourth-order valence-corrected chi connectivity index (χ4v) is 8.12. The van der Waals surface area contributed by atoms with Gasteiger partial charge in [-0.2, -0.15) is 8.42 Å². The molecular weight excluding hydrogens is 650 g/mol. The van der Waals surface area contributed by atoms with Crippen molar-refractivity contribution in [2.45, 2.75) is 69.3 Å². The van der Waals surface area contributed by atoms with Crippen LogP contribution in [0.5, 0.6) is 0 Å². The molecule has 3 aromatic rings. The third kappa shape index (κ3) is 5.65. The van der Waals surface area contributed by atoms with E-state index in [-0.39, 0.29) is 30.0 Å². The Hall–Kier alpha value is -4.08. The molecule has 0 spiro atoms. The summed E-state index contributed by atoms with van der Waals surface area (Å²) in [6, 6.07) is 14.1. The summed E-state index contributed by atoms with van der Waals surface area (Å²) in [4.78, 5) is 50.2. The third-order valence-corrected chi connectivity index (χ3v) is 11.2. The largest absolute Gasteiger partial charge is 0.361 e. The van der Waals surface area contributed by atoms with Crippen LogP contribution in [0.4, 0.5) is 0 Å². The van der Waals surface area contributed by atoms with Crippen LogP contribution in [-0.2, 0) is 42.1 Å². The molecule has 3 fully saturated rings. The van der Waals surface area contributed by atoms with Gasteiger partial charge in [0.05, 0.1) is 11.7 Å². The number of benzene rings is 2. The van der Waals surface area contributed by atoms with Crippen LogP contribution in [0, 0.1) is 5.92 Å². The van der Waals surface area contributed by atoms with Crippen molar-refractivity contribution in [2.75, 3.05) is 25.9 Å². The first kappa shape index (κ1) is 33.4. The van der Waals surface area contributed by atoms with Gasteiger partial charge in [-0.3, -0.25) is 33.5 Å². The number of nitrogens with one attached hydrogen (secondary N) is 2. The van der Waals surface area contributed by atoms with Crippen LogP contribution in [0.15, 0.2) is 60.8 Å². The van der Waals surface area contributed by atoms with E-state index in [4.69, 9.17) is 9.29 Å². The second kappa shape index (κ2) is 12.1. The number of H-pyrrole nitrogens is 1. The van der Waals surface area contributed by atoms with E-state index in [0.29, 0.717) is 25.9 Å². The first-order chi connectivity index (χ1) is 23.2. The summed E-state index contributed by atoms with van der Waals surface area (Å²) < 4.78 is 33.1. The van der Waals surface area contributed by atoms with Gasteiger partial charge in [0, 0.05) is 42.7 Å². The predicted octanol–water partition coefficient (Wildman–Crippen LogP) is 1.88. The molecule has 13 nitrogen and oxygen atoms in total. The molecule has 3 amide bonds. The molecule has 0 saturated carbocycles. The normalized spacial score (nSPS) is 30.7. The van der Waals surface area contributed by atoms with Gasteiger partial charge in [-0.25, -0.2) is 0 Å². The van der Waals surface area contributed by atoms with Gasteiger partial charge in [0.15, 0.2) is 0 Å². The Labute approximate surface area is 284 Å². The van der Waals surface area contributed by atoms with Gasteiger partial charge in [0.2, 0.25) is 17.5 Å². The number of piperazine rings is 1. The van der Waals surface area contributed by atoms with Crippen molar-refractivity contribution in [1.82, 2.24) is 25.0 Å². The SMILES string of the molecule is CCS(=O)(=O)O.CN1C[C@@H](C(=O)N[C@]2(C)O[C@@]3(O)[C@@H]4CCCN4C(=O)[C@H](Cc4ccccc4)N3C2=O)C=C2c3cccc4[nH]cc(c34)C[C@H]21. The molecular formula is C35H41N5O8S. The predicted molar refractivity (Wildman–Crippen MR) is 180 cm³/mol. The van der Waals surface area contributed by atoms with Crippen molar-refractivity contribution in [3.63, 3.8) is 0 Å². The first-order valence-electron chi connectivity index (χ1n) is 16.6. The zero-order valence-electron chi connectivity index (χ0n) is 27.6. The lowest BCUT2D eigenvalue weighted by molar-refractivity contribution is -0.315. The Morgan fingerprint density at radius 2 is 1.88 bits per heavy atom. The molecule has 5 heterocycles. The lowest BCUT2D eigenvalue weighted by Gasteiger charge is -2.48. The molecule has 1 aromatic heterocycles. The van der Waals surface area contributed by atoms with Crippen molar-refractivity contribution in [1.29, 1.82) is 0 Å². The highest BCUT2D eigenvalue weighted by atomic mass is 32.2. The molecule has 4 N–H and O–H groups in total. The van der Waals surface area contributed by atoms with Crippen LogP contribution in [0.2, 0.25) is 0 Å². The molecule has 3 saturated heterocycles. The van der Waals surface area contributed by atoms with Crippen molar-refractivity contribution in [2.24, 2.45) is 5.92 Å². The molecule has 14 heteroatoms. The van der Waals surface area contributed by atoms with Gasteiger partial charge in [-0.1, -0.05) is 48.5 Å². The van der Waals surface area contributed by atoms with Crippen molar-refractivity contribution >= 4 is 44.3 Å². The van der Waals surface area contributed by atoms with E-state index in [2.05, 4.69) is 33.5 Å². The van der Waals surface area contributed by atoms with Crippen LogP contribution in [-0.4, -0.2) is 111 Å². The third-order valence-electron chi connectivity index (χ3n) is 10.5. The summed E-state index contributed by atoms with van der Waals surface area (Å²) >= 11 is 0. The maximum Gasteiger partial charge on any atom is 0.280 e. The number of aromatic amines is 1. The number of ether oxygens (including phenoxy) is 1. The summed E-state index contributed by atoms with van der Waals surface area (Å²) in [7, 11) is -1.64. The maximum absolute atomic E-state index is 14.2. The topological polar surface area (TPSA) is 173 Å². The molecule has 6 atom stereocenters. The number of nitrogens with zero attached hydrogens (tertiary/aromatic N) is 3. The Bertz CT molecular complexity index is 1960. The zero-order chi connectivity index (χ0) is 34.9. The fourth-order valence-electron chi connectivity index (χ4n) is 8.12. The molecule has 260 valence electrons. The Kier molecular flexibility index (Phi) is 8.22. The van der Waals surface area contributed by atoms with Crippen LogP contribution in [0.3, 0.4) is 0 Å². The molecule has 5 aliphatic rings. The Balaban J connectivity index is 0.000000581. The monoisotopic (exact) mass is 691 g/mol. The van der Waals surface area contributed by atoms with Crippen LogP contribution in [0.1, 0.15) is 43.4 Å². The number of aromatic nitrogens is 1. The Morgan fingerprint density at radius 1 is 1.14 bits per heavy atom. The minimum absolute atomic E-state index is 0.144. The van der Waals surface area contributed by atoms with Crippen molar-refractivity contribution in [3.8, 4) is 0 Å². The smallest absolute Gasteiger partial charge is 0.280 e. The van der Waals surface area contributed by atoms with Gasteiger partial charge in [0.1, 0.15) is 12.1 Å². The number of carbonyl (C=O) groups is 3. The highest BCUT2D eigenvalue weighted by Gasteiger charge is 2.70. The molecule has 0 bridgehead atoms. The summed E-state index contributed by atoms with van der Waals surface area (Å²) in [5.41, 5.74) is 3.58. The van der Waals surface area contributed by atoms with Gasteiger partial charge in [-0.05, 0) is 68.5 Å². The molecule has 49 heavy (non-hydrogen) atoms. The summed E-state index contributed by atoms with van der Waals surface area (Å²) in [6.07, 6.45) is 6.38. The van der Waals surface area contributed by atoms with E-state index in [1.165, 1.54) is 29.7 Å². The molecule has 2 aromatic carbocycles. The number of likely N-dealkylation sites (N-methyl/N-ethyl adjacent to an activating group) is 1. The lowest BCUT2D eigenvalue weighted by atomic mass is 9.79. The average molecular weight is 692 g/mol. The first-order valence-corrected chi connectivity index (χ1v) is 18.2. The lowest BCUT2D eigenvalue weighted by Crippen LogP contribution is -2.71. The number of amides is 3. The van der Waals surface area contributed by atoms with Gasteiger partial charge >= 0.3 is 0 Å². The fraction of sp³-hybridized carbons (Fsp3) is 0.457. The minimum Gasteiger partial charge on any atom is -0.361 e. The van der Waals surface area contributed by atoms with E-state index < -0.39 is 45.7 Å². The number of aliphatic hydroxyl groups is 1. The van der Waals surface area contributed by atoms with E-state index in [1.54, 1.807) is 4.90 Å². The van der Waals surface area contributed by atoms with Crippen molar-refractivity contribution < 1.29 is 37.2 Å². The van der Waals surface area contributed by atoms with Gasteiger partial charge < -0.3 is 20.3 Å². The van der Waals surface area contributed by atoms with Crippen LogP contribution < -0.4 is 5.32 Å². The van der Waals surface area contributed by atoms with Crippen molar-refractivity contribution in [3.05, 3.63) is 77.5 Å². The molecule has 8 rings (SSSR count). The standard InChI is InChI=1S/C33H35N5O5.C2H6O3S/c1-32(35-29(39)21-15-23-22-10-6-11-24-28(22)20(17-34-24)16-25(23)36(2)18-21)31(41)38-26(14-19-8-4-3-5-9-19)30(40)37-13-7-12-27(37)33(38,42)43-32;1-2-6(3,4)5/h3-6,8-11,15,17,21,25-27,34,42H,7,12-14,16,18H2,1-2H3,(H,35,39);2H2,1H3,(H,3,4,5)/t21-,25+,26-,27-,32+,33-;/m0./s1. The molecule has 0 unspecified atom stereocenters. The van der Waals surface area contributed by atoms with E-state index in [1.807, 2.05) is 49.5 Å². The minimum atomic E-state index is -3.66.